The van der Waals surface area contributed by atoms with E-state index in [9.17, 15) is 0 Å². The molecule has 4 heteroatoms. The molecule has 2 rings (SSSR count). The highest BCUT2D eigenvalue weighted by Crippen LogP contribution is 2.27. The number of halogens is 2. The van der Waals surface area contributed by atoms with E-state index in [1.165, 1.54) is 0 Å². The van der Waals surface area contributed by atoms with Gasteiger partial charge in [0.1, 0.15) is 0 Å². The van der Waals surface area contributed by atoms with Gasteiger partial charge in [-0.25, -0.2) is 0 Å². The second-order valence-corrected chi connectivity index (χ2v) is 5.52. The maximum Gasteiger partial charge on any atom is 0.0637 e. The molecule has 1 heterocycles. The van der Waals surface area contributed by atoms with Crippen LogP contribution in [-0.4, -0.2) is 18.8 Å². The Morgan fingerprint density at radius 2 is 2.00 bits per heavy atom. The van der Waals surface area contributed by atoms with Gasteiger partial charge in [0, 0.05) is 25.3 Å². The number of ether oxygens (including phenoxy) is 1. The lowest BCUT2D eigenvalue weighted by Gasteiger charge is -2.34. The molecule has 0 atom stereocenters. The monoisotopic (exact) mass is 273 g/mol. The van der Waals surface area contributed by atoms with Crippen LogP contribution in [-0.2, 0) is 11.3 Å². The highest BCUT2D eigenvalue weighted by molar-refractivity contribution is 6.42. The van der Waals surface area contributed by atoms with Crippen molar-refractivity contribution in [3.8, 4) is 0 Å². The summed E-state index contributed by atoms with van der Waals surface area (Å²) < 4.78 is 5.37. The van der Waals surface area contributed by atoms with Gasteiger partial charge in [-0.05, 0) is 31.4 Å². The number of rotatable bonds is 3. The molecule has 1 saturated heterocycles. The largest absolute Gasteiger partial charge is 0.381 e. The molecule has 1 fully saturated rings. The first kappa shape index (κ1) is 13.2. The van der Waals surface area contributed by atoms with Crippen molar-refractivity contribution in [2.75, 3.05) is 13.2 Å². The van der Waals surface area contributed by atoms with Gasteiger partial charge in [-0.15, -0.1) is 0 Å². The third-order valence-corrected chi connectivity index (χ3v) is 4.19. The second kappa shape index (κ2) is 5.57. The van der Waals surface area contributed by atoms with Crippen LogP contribution in [0, 0.1) is 0 Å². The zero-order valence-corrected chi connectivity index (χ0v) is 11.4. The molecule has 0 aromatic heterocycles. The van der Waals surface area contributed by atoms with Crippen LogP contribution in [0.5, 0.6) is 0 Å². The fourth-order valence-corrected chi connectivity index (χ4v) is 2.38. The third-order valence-electron chi connectivity index (χ3n) is 3.33. The molecule has 0 saturated carbocycles. The number of hydrogen-bond acceptors (Lipinski definition) is 2. The molecule has 1 N–H and O–H groups in total. The third kappa shape index (κ3) is 3.35. The topological polar surface area (TPSA) is 21.3 Å². The van der Waals surface area contributed by atoms with E-state index in [4.69, 9.17) is 27.9 Å². The maximum absolute atomic E-state index is 6.16. The quantitative estimate of drug-likeness (QED) is 0.908. The molecule has 2 nitrogen and oxygen atoms in total. The Morgan fingerprint density at radius 3 is 2.71 bits per heavy atom. The molecule has 1 aromatic rings. The van der Waals surface area contributed by atoms with E-state index in [0.29, 0.717) is 10.0 Å². The van der Waals surface area contributed by atoms with E-state index in [1.54, 1.807) is 0 Å². The molecule has 17 heavy (non-hydrogen) atoms. The van der Waals surface area contributed by atoms with Crippen LogP contribution < -0.4 is 5.32 Å². The van der Waals surface area contributed by atoms with Gasteiger partial charge in [-0.3, -0.25) is 0 Å². The summed E-state index contributed by atoms with van der Waals surface area (Å²) in [5.74, 6) is 0. The fourth-order valence-electron chi connectivity index (χ4n) is 1.99. The average molecular weight is 274 g/mol. The summed E-state index contributed by atoms with van der Waals surface area (Å²) in [6.07, 6.45) is 2.07. The predicted octanol–water partition coefficient (Wildman–Crippen LogP) is 3.65. The van der Waals surface area contributed by atoms with Crippen LogP contribution in [0.2, 0.25) is 10.0 Å². The normalized spacial score (nSPS) is 19.2. The molecule has 0 unspecified atom stereocenters. The van der Waals surface area contributed by atoms with Crippen molar-refractivity contribution in [2.24, 2.45) is 0 Å². The first-order valence-corrected chi connectivity index (χ1v) is 6.62. The van der Waals surface area contributed by atoms with Crippen LogP contribution in [0.4, 0.5) is 0 Å². The summed E-state index contributed by atoms with van der Waals surface area (Å²) >= 11 is 12.1. The van der Waals surface area contributed by atoms with Gasteiger partial charge in [0.15, 0.2) is 0 Å². The zero-order chi connectivity index (χ0) is 12.3. The summed E-state index contributed by atoms with van der Waals surface area (Å²) in [5, 5.41) is 4.82. The Morgan fingerprint density at radius 1 is 1.29 bits per heavy atom. The predicted molar refractivity (Wildman–Crippen MR) is 71.8 cm³/mol. The Bertz CT molecular complexity index is 389. The zero-order valence-electron chi connectivity index (χ0n) is 9.93. The smallest absolute Gasteiger partial charge is 0.0637 e. The van der Waals surface area contributed by atoms with Crippen LogP contribution in [0.15, 0.2) is 18.2 Å². The molecule has 1 aliphatic rings. The van der Waals surface area contributed by atoms with Crippen LogP contribution in [0.25, 0.3) is 0 Å². The number of benzene rings is 1. The van der Waals surface area contributed by atoms with E-state index >= 15 is 0 Å². The van der Waals surface area contributed by atoms with Gasteiger partial charge in [0.05, 0.1) is 10.0 Å². The lowest BCUT2D eigenvalue weighted by atomic mass is 9.92. The molecule has 0 spiro atoms. The lowest BCUT2D eigenvalue weighted by molar-refractivity contribution is 0.0446. The average Bonchev–Trinajstić information content (AvgIpc) is 2.32. The van der Waals surface area contributed by atoms with Gasteiger partial charge in [0.2, 0.25) is 0 Å². The van der Waals surface area contributed by atoms with E-state index in [-0.39, 0.29) is 5.54 Å². The van der Waals surface area contributed by atoms with Crippen LogP contribution in [0.1, 0.15) is 25.3 Å². The number of hydrogen-bond donors (Lipinski definition) is 1. The van der Waals surface area contributed by atoms with E-state index in [0.717, 1.165) is 38.2 Å². The lowest BCUT2D eigenvalue weighted by Crippen LogP contribution is -2.46. The van der Waals surface area contributed by atoms with Crippen molar-refractivity contribution in [3.63, 3.8) is 0 Å². The van der Waals surface area contributed by atoms with Gasteiger partial charge < -0.3 is 10.1 Å². The molecule has 1 aliphatic heterocycles. The summed E-state index contributed by atoms with van der Waals surface area (Å²) in [7, 11) is 0. The molecular weight excluding hydrogens is 257 g/mol. The van der Waals surface area contributed by atoms with E-state index < -0.39 is 0 Å². The summed E-state index contributed by atoms with van der Waals surface area (Å²) in [4.78, 5) is 0. The summed E-state index contributed by atoms with van der Waals surface area (Å²) in [5.41, 5.74) is 1.19. The molecule has 94 valence electrons. The Balaban J connectivity index is 1.99. The van der Waals surface area contributed by atoms with Crippen molar-refractivity contribution in [2.45, 2.75) is 31.8 Å². The van der Waals surface area contributed by atoms with Gasteiger partial charge in [-0.2, -0.15) is 0 Å². The first-order chi connectivity index (χ1) is 8.11. The maximum atomic E-state index is 6.16. The van der Waals surface area contributed by atoms with Crippen molar-refractivity contribution in [3.05, 3.63) is 33.8 Å². The van der Waals surface area contributed by atoms with Crippen LogP contribution >= 0.6 is 23.2 Å². The standard InChI is InChI=1S/C13H17Cl2NO/c1-13(5-7-17-8-6-13)16-9-10-3-2-4-11(14)12(10)15/h2-4,16H,5-9H2,1H3. The molecule has 0 bridgehead atoms. The SMILES string of the molecule is CC1(NCc2cccc(Cl)c2Cl)CCOCC1. The molecule has 1 aromatic carbocycles. The first-order valence-electron chi connectivity index (χ1n) is 5.86. The van der Waals surface area contributed by atoms with E-state index in [1.807, 2.05) is 18.2 Å². The van der Waals surface area contributed by atoms with Gasteiger partial charge in [-0.1, -0.05) is 35.3 Å². The summed E-state index contributed by atoms with van der Waals surface area (Å²) in [6, 6.07) is 5.74. The number of nitrogens with one attached hydrogen (secondary N) is 1. The van der Waals surface area contributed by atoms with Crippen molar-refractivity contribution in [1.82, 2.24) is 5.32 Å². The van der Waals surface area contributed by atoms with Crippen molar-refractivity contribution in [1.29, 1.82) is 0 Å². The minimum Gasteiger partial charge on any atom is -0.381 e. The minimum absolute atomic E-state index is 0.143. The van der Waals surface area contributed by atoms with E-state index in [2.05, 4.69) is 12.2 Å². The molecular formula is C13H17Cl2NO. The van der Waals surface area contributed by atoms with Crippen molar-refractivity contribution < 1.29 is 4.74 Å². The highest BCUT2D eigenvalue weighted by atomic mass is 35.5. The Labute approximate surface area is 112 Å². The summed E-state index contributed by atoms with van der Waals surface area (Å²) in [6.45, 7) is 4.63. The Kier molecular flexibility index (Phi) is 4.31. The van der Waals surface area contributed by atoms with Gasteiger partial charge >= 0.3 is 0 Å². The molecule has 0 radical (unpaired) electrons. The second-order valence-electron chi connectivity index (χ2n) is 4.74. The van der Waals surface area contributed by atoms with Crippen LogP contribution in [0.3, 0.4) is 0 Å². The Hall–Kier alpha value is -0.280. The molecule has 0 amide bonds. The fraction of sp³-hybridized carbons (Fsp3) is 0.538. The van der Waals surface area contributed by atoms with Gasteiger partial charge in [0.25, 0.3) is 0 Å². The highest BCUT2D eigenvalue weighted by Gasteiger charge is 2.26. The van der Waals surface area contributed by atoms with Crippen molar-refractivity contribution >= 4 is 23.2 Å². The minimum atomic E-state index is 0.143. The molecule has 0 aliphatic carbocycles.